The number of thioether (sulfide) groups is 1. The highest BCUT2D eigenvalue weighted by Crippen LogP contribution is 2.30. The second kappa shape index (κ2) is 7.31. The van der Waals surface area contributed by atoms with Crippen molar-refractivity contribution in [1.29, 1.82) is 0 Å². The lowest BCUT2D eigenvalue weighted by Gasteiger charge is -2.03. The van der Waals surface area contributed by atoms with Crippen LogP contribution in [-0.2, 0) is 18.6 Å². The zero-order valence-corrected chi connectivity index (χ0v) is 15.5. The Morgan fingerprint density at radius 2 is 2.24 bits per heavy atom. The van der Waals surface area contributed by atoms with Crippen LogP contribution in [0, 0.1) is 0 Å². The SMILES string of the molecule is O=C(NCCSCc1ccc(Br)s1)c1cc2c(s1)CCC2. The van der Waals surface area contributed by atoms with E-state index in [-0.39, 0.29) is 5.91 Å². The molecule has 2 aromatic heterocycles. The number of nitrogens with one attached hydrogen (secondary N) is 1. The third-order valence-corrected chi connectivity index (χ3v) is 7.43. The van der Waals surface area contributed by atoms with E-state index in [1.54, 1.807) is 22.7 Å². The van der Waals surface area contributed by atoms with Gasteiger partial charge in [0.2, 0.25) is 0 Å². The molecule has 21 heavy (non-hydrogen) atoms. The Bertz CT molecular complexity index is 613. The van der Waals surface area contributed by atoms with Gasteiger partial charge in [0.25, 0.3) is 5.91 Å². The third kappa shape index (κ3) is 4.12. The molecule has 2 aromatic rings. The van der Waals surface area contributed by atoms with Gasteiger partial charge in [-0.2, -0.15) is 11.8 Å². The van der Waals surface area contributed by atoms with Crippen molar-refractivity contribution in [2.75, 3.05) is 12.3 Å². The van der Waals surface area contributed by atoms with Crippen LogP contribution in [0.1, 0.15) is 31.4 Å². The fraction of sp³-hybridized carbons (Fsp3) is 0.400. The van der Waals surface area contributed by atoms with Crippen LogP contribution in [0.5, 0.6) is 0 Å². The first kappa shape index (κ1) is 15.6. The first-order valence-corrected chi connectivity index (χ1v) is 10.5. The van der Waals surface area contributed by atoms with E-state index in [0.717, 1.165) is 35.8 Å². The number of fused-ring (bicyclic) bond motifs is 1. The molecule has 2 heterocycles. The summed E-state index contributed by atoms with van der Waals surface area (Å²) in [6, 6.07) is 6.31. The van der Waals surface area contributed by atoms with Crippen molar-refractivity contribution >= 4 is 56.3 Å². The highest BCUT2D eigenvalue weighted by atomic mass is 79.9. The van der Waals surface area contributed by atoms with Gasteiger partial charge in [-0.15, -0.1) is 22.7 Å². The summed E-state index contributed by atoms with van der Waals surface area (Å²) in [6.45, 7) is 0.735. The summed E-state index contributed by atoms with van der Waals surface area (Å²) >= 11 is 8.77. The van der Waals surface area contributed by atoms with Gasteiger partial charge in [0.1, 0.15) is 0 Å². The number of thiophene rings is 2. The number of carbonyl (C=O) groups is 1. The normalized spacial score (nSPS) is 13.4. The Morgan fingerprint density at radius 1 is 1.33 bits per heavy atom. The van der Waals surface area contributed by atoms with E-state index >= 15 is 0 Å². The van der Waals surface area contributed by atoms with Crippen LogP contribution in [0.25, 0.3) is 0 Å². The van der Waals surface area contributed by atoms with Gasteiger partial charge < -0.3 is 5.32 Å². The zero-order chi connectivity index (χ0) is 14.7. The summed E-state index contributed by atoms with van der Waals surface area (Å²) in [6.07, 6.45) is 3.55. The monoisotopic (exact) mass is 401 g/mol. The van der Waals surface area contributed by atoms with Gasteiger partial charge in [-0.3, -0.25) is 4.79 Å². The van der Waals surface area contributed by atoms with Crippen molar-refractivity contribution in [3.05, 3.63) is 42.2 Å². The summed E-state index contributed by atoms with van der Waals surface area (Å²) in [5.41, 5.74) is 1.39. The lowest BCUT2D eigenvalue weighted by Crippen LogP contribution is -2.24. The maximum Gasteiger partial charge on any atom is 0.261 e. The molecule has 0 radical (unpaired) electrons. The number of aryl methyl sites for hydroxylation is 2. The van der Waals surface area contributed by atoms with Crippen molar-refractivity contribution in [3.8, 4) is 0 Å². The molecule has 1 aliphatic carbocycles. The zero-order valence-electron chi connectivity index (χ0n) is 11.5. The van der Waals surface area contributed by atoms with E-state index in [0.29, 0.717) is 0 Å². The Kier molecular flexibility index (Phi) is 5.43. The molecule has 0 unspecified atom stereocenters. The number of halogens is 1. The Labute approximate surface area is 145 Å². The predicted octanol–water partition coefficient (Wildman–Crippen LogP) is 4.72. The number of carbonyl (C=O) groups excluding carboxylic acids is 1. The Hall–Kier alpha value is -0.300. The summed E-state index contributed by atoms with van der Waals surface area (Å²) in [4.78, 5) is 15.7. The minimum atomic E-state index is 0.0915. The molecule has 2 nitrogen and oxygen atoms in total. The van der Waals surface area contributed by atoms with Gasteiger partial charge in [0.15, 0.2) is 0 Å². The molecule has 0 aliphatic heterocycles. The van der Waals surface area contributed by atoms with Gasteiger partial charge in [0, 0.05) is 27.8 Å². The molecule has 1 aliphatic rings. The molecule has 1 amide bonds. The van der Waals surface area contributed by atoms with Crippen molar-refractivity contribution < 1.29 is 4.79 Å². The molecule has 0 spiro atoms. The van der Waals surface area contributed by atoms with E-state index in [1.165, 1.54) is 25.5 Å². The van der Waals surface area contributed by atoms with E-state index in [4.69, 9.17) is 0 Å². The minimum absolute atomic E-state index is 0.0915. The Morgan fingerprint density at radius 3 is 3.00 bits per heavy atom. The van der Waals surface area contributed by atoms with E-state index < -0.39 is 0 Å². The lowest BCUT2D eigenvalue weighted by molar-refractivity contribution is 0.0960. The quantitative estimate of drug-likeness (QED) is 0.709. The molecule has 6 heteroatoms. The molecular weight excluding hydrogens is 386 g/mol. The van der Waals surface area contributed by atoms with Gasteiger partial charge in [-0.05, 0) is 59.0 Å². The predicted molar refractivity (Wildman–Crippen MR) is 96.9 cm³/mol. The van der Waals surface area contributed by atoms with E-state index in [1.807, 2.05) is 11.8 Å². The molecule has 0 atom stereocenters. The van der Waals surface area contributed by atoms with Crippen molar-refractivity contribution in [2.45, 2.75) is 25.0 Å². The van der Waals surface area contributed by atoms with Crippen LogP contribution in [0.4, 0.5) is 0 Å². The largest absolute Gasteiger partial charge is 0.351 e. The van der Waals surface area contributed by atoms with Crippen LogP contribution in [0.2, 0.25) is 0 Å². The van der Waals surface area contributed by atoms with Gasteiger partial charge >= 0.3 is 0 Å². The fourth-order valence-corrected chi connectivity index (χ4v) is 5.99. The molecule has 0 bridgehead atoms. The van der Waals surface area contributed by atoms with Crippen molar-refractivity contribution in [3.63, 3.8) is 0 Å². The highest BCUT2D eigenvalue weighted by Gasteiger charge is 2.17. The average Bonchev–Trinajstić information content (AvgIpc) is 3.13. The number of hydrogen-bond donors (Lipinski definition) is 1. The molecule has 1 N–H and O–H groups in total. The fourth-order valence-electron chi connectivity index (χ4n) is 2.37. The summed E-state index contributed by atoms with van der Waals surface area (Å²) in [7, 11) is 0. The molecule has 3 rings (SSSR count). The molecule has 112 valence electrons. The highest BCUT2D eigenvalue weighted by molar-refractivity contribution is 9.11. The number of amides is 1. The first-order chi connectivity index (χ1) is 10.2. The summed E-state index contributed by atoms with van der Waals surface area (Å²) in [5.74, 6) is 2.06. The van der Waals surface area contributed by atoms with Crippen LogP contribution in [-0.4, -0.2) is 18.2 Å². The second-order valence-corrected chi connectivity index (χ2v) is 9.72. The maximum atomic E-state index is 12.1. The van der Waals surface area contributed by atoms with Crippen LogP contribution in [0.3, 0.4) is 0 Å². The molecule has 0 saturated carbocycles. The van der Waals surface area contributed by atoms with E-state index in [9.17, 15) is 4.79 Å². The van der Waals surface area contributed by atoms with Gasteiger partial charge in [-0.25, -0.2) is 0 Å². The van der Waals surface area contributed by atoms with Crippen LogP contribution < -0.4 is 5.32 Å². The third-order valence-electron chi connectivity index (χ3n) is 3.38. The number of hydrogen-bond acceptors (Lipinski definition) is 4. The van der Waals surface area contributed by atoms with Crippen molar-refractivity contribution in [2.24, 2.45) is 0 Å². The smallest absolute Gasteiger partial charge is 0.261 e. The maximum absolute atomic E-state index is 12.1. The molecule has 0 fully saturated rings. The Balaban J connectivity index is 1.37. The van der Waals surface area contributed by atoms with Crippen LogP contribution >= 0.6 is 50.4 Å². The molecular formula is C15H16BrNOS3. The second-order valence-electron chi connectivity index (χ2n) is 4.93. The minimum Gasteiger partial charge on any atom is -0.351 e. The van der Waals surface area contributed by atoms with E-state index in [2.05, 4.69) is 39.4 Å². The molecule has 0 saturated heterocycles. The first-order valence-electron chi connectivity index (χ1n) is 6.94. The summed E-state index contributed by atoms with van der Waals surface area (Å²) in [5, 5.41) is 3.02. The lowest BCUT2D eigenvalue weighted by atomic mass is 10.2. The van der Waals surface area contributed by atoms with Gasteiger partial charge in [0.05, 0.1) is 8.66 Å². The van der Waals surface area contributed by atoms with Gasteiger partial charge in [-0.1, -0.05) is 0 Å². The molecule has 0 aromatic carbocycles. The van der Waals surface area contributed by atoms with Crippen LogP contribution in [0.15, 0.2) is 22.0 Å². The standard InChI is InChI=1S/C15H16BrNOS3/c16-14-5-4-11(20-14)9-19-7-6-17-15(18)13-8-10-2-1-3-12(10)21-13/h4-5,8H,1-3,6-7,9H2,(H,17,18). The average molecular weight is 402 g/mol. The van der Waals surface area contributed by atoms with Crippen molar-refractivity contribution in [1.82, 2.24) is 5.32 Å². The topological polar surface area (TPSA) is 29.1 Å². The number of rotatable bonds is 6. The summed E-state index contributed by atoms with van der Waals surface area (Å²) < 4.78 is 1.18.